The molecule has 0 aliphatic carbocycles. The molecule has 27 heavy (non-hydrogen) atoms. The number of hydrogen-bond acceptors (Lipinski definition) is 3. The summed E-state index contributed by atoms with van der Waals surface area (Å²) in [6.45, 7) is 5.69. The van der Waals surface area contributed by atoms with Gasteiger partial charge in [0.15, 0.2) is 0 Å². The van der Waals surface area contributed by atoms with Crippen molar-refractivity contribution >= 4 is 34.8 Å². The molecule has 2 aromatic carbocycles. The Kier molecular flexibility index (Phi) is 5.26. The van der Waals surface area contributed by atoms with Gasteiger partial charge in [0.05, 0.1) is 17.3 Å². The smallest absolute Gasteiger partial charge is 0.229 e. The lowest BCUT2D eigenvalue weighted by Gasteiger charge is -2.20. The molecule has 3 rings (SSSR count). The number of carbonyl (C=O) groups is 3. The van der Waals surface area contributed by atoms with Gasteiger partial charge >= 0.3 is 0 Å². The number of nitrogens with zero attached hydrogens (tertiary/aromatic N) is 1. The first-order valence-corrected chi connectivity index (χ1v) is 8.90. The summed E-state index contributed by atoms with van der Waals surface area (Å²) < 4.78 is 0. The van der Waals surface area contributed by atoms with Crippen LogP contribution < -0.4 is 15.5 Å². The molecule has 0 radical (unpaired) electrons. The fourth-order valence-electron chi connectivity index (χ4n) is 3.25. The van der Waals surface area contributed by atoms with Crippen molar-refractivity contribution in [3.63, 3.8) is 0 Å². The summed E-state index contributed by atoms with van der Waals surface area (Å²) in [7, 11) is 0. The van der Waals surface area contributed by atoms with Gasteiger partial charge < -0.3 is 15.5 Å². The predicted octanol–water partition coefficient (Wildman–Crippen LogP) is 3.25. The van der Waals surface area contributed by atoms with Crippen LogP contribution in [0.15, 0.2) is 42.5 Å². The Hall–Kier alpha value is -3.15. The summed E-state index contributed by atoms with van der Waals surface area (Å²) in [6, 6.07) is 13.0. The highest BCUT2D eigenvalue weighted by Crippen LogP contribution is 2.30. The van der Waals surface area contributed by atoms with Crippen molar-refractivity contribution in [3.05, 3.63) is 53.6 Å². The zero-order valence-corrected chi connectivity index (χ0v) is 15.7. The van der Waals surface area contributed by atoms with Crippen LogP contribution in [0.5, 0.6) is 0 Å². The third kappa shape index (κ3) is 4.16. The van der Waals surface area contributed by atoms with Crippen LogP contribution in [0.25, 0.3) is 0 Å². The summed E-state index contributed by atoms with van der Waals surface area (Å²) >= 11 is 0. The van der Waals surface area contributed by atoms with Crippen molar-refractivity contribution in [1.82, 2.24) is 0 Å². The Bertz CT molecular complexity index is 907. The molecular formula is C21H23N3O3. The van der Waals surface area contributed by atoms with Crippen LogP contribution in [0.4, 0.5) is 17.1 Å². The molecular weight excluding hydrogens is 342 g/mol. The average Bonchev–Trinajstić information content (AvgIpc) is 3.00. The molecule has 6 nitrogen and oxygen atoms in total. The third-order valence-electron chi connectivity index (χ3n) is 4.65. The standard InChI is InChI=1S/C21H23N3O3/c1-13-8-9-14(2)19(10-13)24-12-16(11-20(24)26)21(27)23-18-7-5-4-6-17(18)22-15(3)25/h4-10,16H,11-12H2,1-3H3,(H,22,25)(H,23,27). The summed E-state index contributed by atoms with van der Waals surface area (Å²) in [5.41, 5.74) is 3.99. The average molecular weight is 365 g/mol. The van der Waals surface area contributed by atoms with Gasteiger partial charge in [-0.15, -0.1) is 0 Å². The molecule has 0 saturated carbocycles. The normalized spacial score (nSPS) is 16.3. The maximum absolute atomic E-state index is 12.7. The van der Waals surface area contributed by atoms with Crippen molar-refractivity contribution < 1.29 is 14.4 Å². The van der Waals surface area contributed by atoms with Crippen molar-refractivity contribution in [1.29, 1.82) is 0 Å². The minimum absolute atomic E-state index is 0.0565. The molecule has 0 spiro atoms. The van der Waals surface area contributed by atoms with Crippen LogP contribution >= 0.6 is 0 Å². The van der Waals surface area contributed by atoms with Gasteiger partial charge in [0.1, 0.15) is 0 Å². The molecule has 6 heteroatoms. The number of anilines is 3. The van der Waals surface area contributed by atoms with Crippen LogP contribution in [-0.4, -0.2) is 24.3 Å². The molecule has 1 heterocycles. The van der Waals surface area contributed by atoms with E-state index in [1.54, 1.807) is 29.2 Å². The van der Waals surface area contributed by atoms with Crippen LogP contribution in [0, 0.1) is 19.8 Å². The SMILES string of the molecule is CC(=O)Nc1ccccc1NC(=O)C1CC(=O)N(c2cc(C)ccc2C)C1. The van der Waals surface area contributed by atoms with E-state index in [-0.39, 0.29) is 24.1 Å². The Morgan fingerprint density at radius 2 is 1.70 bits per heavy atom. The van der Waals surface area contributed by atoms with Gasteiger partial charge in [0, 0.05) is 25.6 Å². The minimum Gasteiger partial charge on any atom is -0.325 e. The van der Waals surface area contributed by atoms with Gasteiger partial charge in [-0.3, -0.25) is 14.4 Å². The highest BCUT2D eigenvalue weighted by molar-refractivity contribution is 6.05. The summed E-state index contributed by atoms with van der Waals surface area (Å²) in [5.74, 6) is -0.940. The monoisotopic (exact) mass is 365 g/mol. The Labute approximate surface area is 158 Å². The van der Waals surface area contributed by atoms with Gasteiger partial charge in [-0.1, -0.05) is 24.3 Å². The van der Waals surface area contributed by atoms with Crippen molar-refractivity contribution in [3.8, 4) is 0 Å². The van der Waals surface area contributed by atoms with E-state index in [4.69, 9.17) is 0 Å². The summed E-state index contributed by atoms with van der Waals surface area (Å²) in [6.07, 6.45) is 0.168. The maximum Gasteiger partial charge on any atom is 0.229 e. The van der Waals surface area contributed by atoms with Crippen LogP contribution in [0.3, 0.4) is 0 Å². The molecule has 1 aliphatic rings. The molecule has 3 amide bonds. The van der Waals surface area contributed by atoms with Gasteiger partial charge in [-0.05, 0) is 43.2 Å². The van der Waals surface area contributed by atoms with Crippen molar-refractivity contribution in [2.45, 2.75) is 27.2 Å². The molecule has 1 fully saturated rings. The van der Waals surface area contributed by atoms with Crippen LogP contribution in [-0.2, 0) is 14.4 Å². The first-order valence-electron chi connectivity index (χ1n) is 8.90. The lowest BCUT2D eigenvalue weighted by Crippen LogP contribution is -2.28. The highest BCUT2D eigenvalue weighted by atomic mass is 16.2. The second-order valence-electron chi connectivity index (χ2n) is 6.91. The number of carbonyl (C=O) groups excluding carboxylic acids is 3. The van der Waals surface area contributed by atoms with Gasteiger partial charge in [-0.2, -0.15) is 0 Å². The predicted molar refractivity (Wildman–Crippen MR) is 106 cm³/mol. The summed E-state index contributed by atoms with van der Waals surface area (Å²) in [4.78, 5) is 38.3. The molecule has 0 aromatic heterocycles. The maximum atomic E-state index is 12.7. The molecule has 140 valence electrons. The second kappa shape index (κ2) is 7.61. The molecule has 2 aromatic rings. The lowest BCUT2D eigenvalue weighted by atomic mass is 10.1. The number of amides is 3. The quantitative estimate of drug-likeness (QED) is 0.873. The van der Waals surface area contributed by atoms with E-state index in [2.05, 4.69) is 10.6 Å². The molecule has 1 aliphatic heterocycles. The van der Waals surface area contributed by atoms with Crippen molar-refractivity contribution in [2.24, 2.45) is 5.92 Å². The van der Waals surface area contributed by atoms with Crippen molar-refractivity contribution in [2.75, 3.05) is 22.1 Å². The molecule has 2 N–H and O–H groups in total. The molecule has 1 saturated heterocycles. The number of rotatable bonds is 4. The third-order valence-corrected chi connectivity index (χ3v) is 4.65. The molecule has 1 unspecified atom stereocenters. The van der Waals surface area contributed by atoms with Crippen LogP contribution in [0.1, 0.15) is 24.5 Å². The summed E-state index contributed by atoms with van der Waals surface area (Å²) in [5, 5.41) is 5.54. The first-order chi connectivity index (χ1) is 12.8. The Balaban J connectivity index is 1.75. The fraction of sp³-hybridized carbons (Fsp3) is 0.286. The van der Waals surface area contributed by atoms with E-state index in [1.807, 2.05) is 32.0 Å². The molecule has 1 atom stereocenters. The van der Waals surface area contributed by atoms with E-state index >= 15 is 0 Å². The van der Waals surface area contributed by atoms with E-state index in [9.17, 15) is 14.4 Å². The number of para-hydroxylation sites is 2. The first kappa shape index (κ1) is 18.6. The lowest BCUT2D eigenvalue weighted by molar-refractivity contribution is -0.122. The zero-order chi connectivity index (χ0) is 19.6. The van der Waals surface area contributed by atoms with Crippen LogP contribution in [0.2, 0.25) is 0 Å². The van der Waals surface area contributed by atoms with Gasteiger partial charge in [0.25, 0.3) is 0 Å². The molecule has 0 bridgehead atoms. The van der Waals surface area contributed by atoms with E-state index in [0.29, 0.717) is 17.9 Å². The Morgan fingerprint density at radius 1 is 1.04 bits per heavy atom. The van der Waals surface area contributed by atoms with Gasteiger partial charge in [0.2, 0.25) is 17.7 Å². The largest absolute Gasteiger partial charge is 0.325 e. The topological polar surface area (TPSA) is 78.5 Å². The number of nitrogens with one attached hydrogen (secondary N) is 2. The van der Waals surface area contributed by atoms with E-state index < -0.39 is 5.92 Å². The zero-order valence-electron chi connectivity index (χ0n) is 15.7. The number of aryl methyl sites for hydroxylation is 2. The fourth-order valence-corrected chi connectivity index (χ4v) is 3.25. The van der Waals surface area contributed by atoms with E-state index in [0.717, 1.165) is 16.8 Å². The minimum atomic E-state index is -0.442. The van der Waals surface area contributed by atoms with Gasteiger partial charge in [-0.25, -0.2) is 0 Å². The number of benzene rings is 2. The number of hydrogen-bond donors (Lipinski definition) is 2. The highest BCUT2D eigenvalue weighted by Gasteiger charge is 2.35. The Morgan fingerprint density at radius 3 is 2.37 bits per heavy atom. The second-order valence-corrected chi connectivity index (χ2v) is 6.91. The van der Waals surface area contributed by atoms with E-state index in [1.165, 1.54) is 6.92 Å².